The van der Waals surface area contributed by atoms with Crippen LogP contribution in [0.15, 0.2) is 47.5 Å². The first-order chi connectivity index (χ1) is 11.9. The molecule has 1 atom stereocenters. The molecule has 2 aromatic rings. The summed E-state index contributed by atoms with van der Waals surface area (Å²) in [5.41, 5.74) is 3.80. The summed E-state index contributed by atoms with van der Waals surface area (Å²) < 4.78 is 0. The van der Waals surface area contributed by atoms with Gasteiger partial charge in [-0.15, -0.1) is 0 Å². The lowest BCUT2D eigenvalue weighted by atomic mass is 10.1. The van der Waals surface area contributed by atoms with Crippen LogP contribution in [0.2, 0.25) is 5.02 Å². The van der Waals surface area contributed by atoms with E-state index >= 15 is 0 Å². The fraction of sp³-hybridized carbons (Fsp3) is 0.263. The van der Waals surface area contributed by atoms with E-state index in [4.69, 9.17) is 16.6 Å². The molecule has 1 saturated heterocycles. The highest BCUT2D eigenvalue weighted by Crippen LogP contribution is 2.31. The number of aliphatic imine (C=N–C) groups is 1. The van der Waals surface area contributed by atoms with Crippen molar-refractivity contribution in [2.45, 2.75) is 26.0 Å². The van der Waals surface area contributed by atoms with Crippen molar-refractivity contribution in [1.29, 1.82) is 0 Å². The van der Waals surface area contributed by atoms with Crippen LogP contribution in [0.5, 0.6) is 0 Å². The molecule has 1 aliphatic heterocycles. The monoisotopic (exact) mass is 373 g/mol. The van der Waals surface area contributed by atoms with Crippen LogP contribution in [0.1, 0.15) is 18.1 Å². The molecule has 0 radical (unpaired) electrons. The topological polar surface area (TPSA) is 44.7 Å². The van der Waals surface area contributed by atoms with Gasteiger partial charge in [0.2, 0.25) is 0 Å². The van der Waals surface area contributed by atoms with Crippen LogP contribution in [-0.2, 0) is 0 Å². The molecule has 1 heterocycles. The Morgan fingerprint density at radius 1 is 1.24 bits per heavy atom. The van der Waals surface area contributed by atoms with E-state index < -0.39 is 0 Å². The van der Waals surface area contributed by atoms with E-state index in [9.17, 15) is 4.79 Å². The molecular weight excluding hydrogens is 354 g/mol. The summed E-state index contributed by atoms with van der Waals surface area (Å²) in [6, 6.07) is 13.0. The number of thioether (sulfide) groups is 1. The third-order valence-corrected chi connectivity index (χ3v) is 5.25. The van der Waals surface area contributed by atoms with Crippen LogP contribution in [0.25, 0.3) is 0 Å². The van der Waals surface area contributed by atoms with Gasteiger partial charge in [-0.3, -0.25) is 4.90 Å². The summed E-state index contributed by atoms with van der Waals surface area (Å²) in [4.78, 5) is 19.2. The molecule has 0 saturated carbocycles. The standard InChI is InChI=1S/C19H20ClN3OS/c1-12-6-4-7-13(2)17(12)22-19-23(11-14(3)25-19)18(24)21-16-9-5-8-15(20)10-16/h4-10,14H,11H2,1-3H3,(H,21,24). The number of benzene rings is 2. The first-order valence-electron chi connectivity index (χ1n) is 8.09. The number of urea groups is 1. The highest BCUT2D eigenvalue weighted by Gasteiger charge is 2.31. The van der Waals surface area contributed by atoms with Crippen LogP contribution in [-0.4, -0.2) is 27.9 Å². The number of hydrogen-bond donors (Lipinski definition) is 1. The van der Waals surface area contributed by atoms with Crippen molar-refractivity contribution >= 4 is 45.9 Å². The minimum absolute atomic E-state index is 0.191. The van der Waals surface area contributed by atoms with E-state index in [2.05, 4.69) is 12.2 Å². The van der Waals surface area contributed by atoms with Gasteiger partial charge in [-0.1, -0.05) is 54.6 Å². The van der Waals surface area contributed by atoms with Gasteiger partial charge in [-0.05, 0) is 43.2 Å². The average molecular weight is 374 g/mol. The van der Waals surface area contributed by atoms with Crippen LogP contribution >= 0.6 is 23.4 Å². The summed E-state index contributed by atoms with van der Waals surface area (Å²) in [5.74, 6) is 0. The Labute approximate surface area is 157 Å². The second kappa shape index (κ2) is 7.50. The van der Waals surface area contributed by atoms with Crippen LogP contribution in [0.4, 0.5) is 16.2 Å². The minimum Gasteiger partial charge on any atom is -0.307 e. The molecule has 0 spiro atoms. The van der Waals surface area contributed by atoms with Gasteiger partial charge >= 0.3 is 6.03 Å². The molecule has 3 rings (SSSR count). The summed E-state index contributed by atoms with van der Waals surface area (Å²) in [6.07, 6.45) is 0. The van der Waals surface area contributed by atoms with Crippen molar-refractivity contribution in [2.75, 3.05) is 11.9 Å². The highest BCUT2D eigenvalue weighted by molar-refractivity contribution is 8.14. The van der Waals surface area contributed by atoms with Gasteiger partial charge < -0.3 is 5.32 Å². The van der Waals surface area contributed by atoms with E-state index in [0.717, 1.165) is 22.0 Å². The Morgan fingerprint density at radius 2 is 1.92 bits per heavy atom. The largest absolute Gasteiger partial charge is 0.327 e. The number of rotatable bonds is 2. The van der Waals surface area contributed by atoms with Gasteiger partial charge in [0.15, 0.2) is 5.17 Å². The van der Waals surface area contributed by atoms with E-state index in [1.807, 2.05) is 44.2 Å². The first kappa shape index (κ1) is 17.8. The second-order valence-electron chi connectivity index (χ2n) is 6.11. The molecule has 4 nitrogen and oxygen atoms in total. The van der Waals surface area contributed by atoms with Crippen molar-refractivity contribution in [3.8, 4) is 0 Å². The van der Waals surface area contributed by atoms with Gasteiger partial charge in [0.05, 0.1) is 5.69 Å². The number of anilines is 1. The smallest absolute Gasteiger partial charge is 0.307 e. The zero-order valence-electron chi connectivity index (χ0n) is 14.4. The third-order valence-electron chi connectivity index (χ3n) is 3.95. The molecule has 0 aromatic heterocycles. The highest BCUT2D eigenvalue weighted by atomic mass is 35.5. The molecule has 1 unspecified atom stereocenters. The van der Waals surface area contributed by atoms with Gasteiger partial charge in [0, 0.05) is 22.5 Å². The van der Waals surface area contributed by atoms with Crippen molar-refractivity contribution in [3.63, 3.8) is 0 Å². The number of aryl methyl sites for hydroxylation is 2. The Hall–Kier alpha value is -1.98. The fourth-order valence-electron chi connectivity index (χ4n) is 2.71. The molecule has 6 heteroatoms. The number of carbonyl (C=O) groups excluding carboxylic acids is 1. The lowest BCUT2D eigenvalue weighted by Crippen LogP contribution is -2.36. The number of amidine groups is 1. The zero-order chi connectivity index (χ0) is 18.0. The van der Waals surface area contributed by atoms with E-state index in [1.165, 1.54) is 0 Å². The van der Waals surface area contributed by atoms with Crippen molar-refractivity contribution in [1.82, 2.24) is 4.90 Å². The predicted molar refractivity (Wildman–Crippen MR) is 107 cm³/mol. The molecule has 130 valence electrons. The van der Waals surface area contributed by atoms with Crippen molar-refractivity contribution in [3.05, 3.63) is 58.6 Å². The van der Waals surface area contributed by atoms with Gasteiger partial charge in [0.25, 0.3) is 0 Å². The Bertz CT molecular complexity index is 817. The number of halogens is 1. The van der Waals surface area contributed by atoms with Crippen LogP contribution in [0.3, 0.4) is 0 Å². The number of hydrogen-bond acceptors (Lipinski definition) is 3. The Kier molecular flexibility index (Phi) is 5.35. The van der Waals surface area contributed by atoms with Crippen LogP contribution in [0, 0.1) is 13.8 Å². The second-order valence-corrected chi connectivity index (χ2v) is 7.96. The third kappa shape index (κ3) is 4.17. The number of amides is 2. The summed E-state index contributed by atoms with van der Waals surface area (Å²) in [7, 11) is 0. The molecular formula is C19H20ClN3OS. The SMILES string of the molecule is Cc1cccc(C)c1N=C1SC(C)CN1C(=O)Nc1cccc(Cl)c1. The molecule has 2 amide bonds. The molecule has 2 aromatic carbocycles. The molecule has 1 N–H and O–H groups in total. The summed E-state index contributed by atoms with van der Waals surface area (Å²) in [6.45, 7) is 6.79. The van der Waals surface area contributed by atoms with Gasteiger partial charge in [0.1, 0.15) is 0 Å². The maximum atomic E-state index is 12.7. The number of nitrogens with zero attached hydrogens (tertiary/aromatic N) is 2. The number of para-hydroxylation sites is 1. The van der Waals surface area contributed by atoms with Crippen molar-refractivity contribution < 1.29 is 4.79 Å². The lowest BCUT2D eigenvalue weighted by Gasteiger charge is -2.17. The number of nitrogens with one attached hydrogen (secondary N) is 1. The zero-order valence-corrected chi connectivity index (χ0v) is 16.0. The fourth-order valence-corrected chi connectivity index (χ4v) is 3.91. The van der Waals surface area contributed by atoms with Crippen molar-refractivity contribution in [2.24, 2.45) is 4.99 Å². The molecule has 0 aliphatic carbocycles. The summed E-state index contributed by atoms with van der Waals surface area (Å²) in [5, 5.41) is 4.51. The molecule has 25 heavy (non-hydrogen) atoms. The average Bonchev–Trinajstić information content (AvgIpc) is 2.92. The quantitative estimate of drug-likeness (QED) is 0.743. The van der Waals surface area contributed by atoms with E-state index in [0.29, 0.717) is 22.5 Å². The van der Waals surface area contributed by atoms with E-state index in [1.54, 1.807) is 28.8 Å². The molecule has 1 fully saturated rings. The van der Waals surface area contributed by atoms with E-state index in [-0.39, 0.29) is 6.03 Å². The predicted octanol–water partition coefficient (Wildman–Crippen LogP) is 5.61. The maximum absolute atomic E-state index is 12.7. The van der Waals surface area contributed by atoms with Gasteiger partial charge in [-0.2, -0.15) is 0 Å². The lowest BCUT2D eigenvalue weighted by molar-refractivity contribution is 0.235. The van der Waals surface area contributed by atoms with Gasteiger partial charge in [-0.25, -0.2) is 9.79 Å². The normalized spacial score (nSPS) is 18.6. The summed E-state index contributed by atoms with van der Waals surface area (Å²) >= 11 is 7.61. The maximum Gasteiger partial charge on any atom is 0.327 e. The molecule has 1 aliphatic rings. The Morgan fingerprint density at radius 3 is 2.60 bits per heavy atom. The first-order valence-corrected chi connectivity index (χ1v) is 9.35. The minimum atomic E-state index is -0.191. The van der Waals surface area contributed by atoms with Crippen LogP contribution < -0.4 is 5.32 Å². The number of carbonyl (C=O) groups is 1. The molecule has 0 bridgehead atoms. The Balaban J connectivity index is 1.86.